The Labute approximate surface area is 129 Å². The molecule has 2 aromatic carbocycles. The van der Waals surface area contributed by atoms with E-state index in [1.54, 1.807) is 18.2 Å². The highest BCUT2D eigenvalue weighted by molar-refractivity contribution is 6.01. The number of benzene rings is 2. The van der Waals surface area contributed by atoms with Crippen molar-refractivity contribution >= 4 is 11.8 Å². The van der Waals surface area contributed by atoms with Gasteiger partial charge in [0.15, 0.2) is 6.10 Å². The van der Waals surface area contributed by atoms with Gasteiger partial charge in [-0.3, -0.25) is 4.79 Å². The van der Waals surface area contributed by atoms with Crippen LogP contribution in [0, 0.1) is 0 Å². The second-order valence-corrected chi connectivity index (χ2v) is 5.01. The highest BCUT2D eigenvalue weighted by atomic mass is 16.5. The highest BCUT2D eigenvalue weighted by Gasteiger charge is 2.20. The predicted octanol–water partition coefficient (Wildman–Crippen LogP) is 3.38. The van der Waals surface area contributed by atoms with E-state index in [1.165, 1.54) is 25.1 Å². The van der Waals surface area contributed by atoms with Crippen LogP contribution in [-0.4, -0.2) is 23.0 Å². The van der Waals surface area contributed by atoms with Gasteiger partial charge in [0, 0.05) is 5.56 Å². The summed E-state index contributed by atoms with van der Waals surface area (Å²) in [6.45, 7) is 3.58. The molecule has 2 rings (SSSR count). The van der Waals surface area contributed by atoms with Gasteiger partial charge in [-0.1, -0.05) is 37.3 Å². The Balaban J connectivity index is 2.05. The monoisotopic (exact) mass is 298 g/mol. The van der Waals surface area contributed by atoms with Crippen LogP contribution in [-0.2, 0) is 11.2 Å². The van der Waals surface area contributed by atoms with Crippen LogP contribution in [0.15, 0.2) is 48.5 Å². The van der Waals surface area contributed by atoms with E-state index in [4.69, 9.17) is 4.74 Å². The molecule has 0 unspecified atom stereocenters. The van der Waals surface area contributed by atoms with Crippen LogP contribution in [0.2, 0.25) is 0 Å². The number of aryl methyl sites for hydroxylation is 1. The summed E-state index contributed by atoms with van der Waals surface area (Å²) in [5.41, 5.74) is 1.86. The lowest BCUT2D eigenvalue weighted by Gasteiger charge is -2.12. The molecule has 22 heavy (non-hydrogen) atoms. The van der Waals surface area contributed by atoms with Crippen LogP contribution >= 0.6 is 0 Å². The molecular formula is C18H18O4. The highest BCUT2D eigenvalue weighted by Crippen LogP contribution is 2.14. The summed E-state index contributed by atoms with van der Waals surface area (Å²) in [5, 5.41) is 9.36. The molecule has 0 radical (unpaired) electrons. The number of ketones is 1. The van der Waals surface area contributed by atoms with Gasteiger partial charge in [0.2, 0.25) is 5.78 Å². The zero-order chi connectivity index (χ0) is 16.1. The number of Topliss-reactive ketones (excluding diaryl/α,β-unsaturated/α-hetero) is 1. The van der Waals surface area contributed by atoms with Gasteiger partial charge < -0.3 is 9.84 Å². The van der Waals surface area contributed by atoms with Crippen molar-refractivity contribution in [3.8, 4) is 5.75 Å². The zero-order valence-electron chi connectivity index (χ0n) is 12.6. The molecule has 4 nitrogen and oxygen atoms in total. The zero-order valence-corrected chi connectivity index (χ0v) is 12.6. The Kier molecular flexibility index (Phi) is 4.94. The third-order valence-corrected chi connectivity index (χ3v) is 3.38. The van der Waals surface area contributed by atoms with E-state index in [2.05, 4.69) is 0 Å². The molecule has 1 N–H and O–H groups in total. The van der Waals surface area contributed by atoms with Gasteiger partial charge in [0.05, 0.1) is 5.56 Å². The lowest BCUT2D eigenvalue weighted by atomic mass is 10.0. The van der Waals surface area contributed by atoms with E-state index in [-0.39, 0.29) is 17.1 Å². The van der Waals surface area contributed by atoms with Gasteiger partial charge >= 0.3 is 5.97 Å². The third-order valence-electron chi connectivity index (χ3n) is 3.38. The minimum absolute atomic E-state index is 0.0245. The van der Waals surface area contributed by atoms with Crippen molar-refractivity contribution in [1.82, 2.24) is 0 Å². The number of hydrogen-bond acceptors (Lipinski definition) is 4. The van der Waals surface area contributed by atoms with Gasteiger partial charge in [-0.15, -0.1) is 0 Å². The SMILES string of the molecule is CCc1ccc(C(=O)[C@@H](C)OC(=O)c2cccc(O)c2)cc1. The molecule has 0 aromatic heterocycles. The minimum Gasteiger partial charge on any atom is -0.508 e. The summed E-state index contributed by atoms with van der Waals surface area (Å²) in [6, 6.07) is 13.1. The van der Waals surface area contributed by atoms with Gasteiger partial charge in [0.1, 0.15) is 5.75 Å². The quantitative estimate of drug-likeness (QED) is 0.679. The average molecular weight is 298 g/mol. The van der Waals surface area contributed by atoms with Crippen molar-refractivity contribution in [1.29, 1.82) is 0 Å². The maximum Gasteiger partial charge on any atom is 0.338 e. The normalized spacial score (nSPS) is 11.7. The Hall–Kier alpha value is -2.62. The molecule has 4 heteroatoms. The number of phenolic OH excluding ortho intramolecular Hbond substituents is 1. The summed E-state index contributed by atoms with van der Waals surface area (Å²) in [5.74, 6) is -0.915. The molecule has 0 saturated carbocycles. The van der Waals surface area contributed by atoms with E-state index in [1.807, 2.05) is 19.1 Å². The van der Waals surface area contributed by atoms with E-state index < -0.39 is 12.1 Å². The Morgan fingerprint density at radius 2 is 1.77 bits per heavy atom. The number of carbonyl (C=O) groups is 2. The summed E-state index contributed by atoms with van der Waals surface area (Å²) in [6.07, 6.45) is 0.0126. The molecule has 114 valence electrons. The topological polar surface area (TPSA) is 63.6 Å². The fourth-order valence-corrected chi connectivity index (χ4v) is 2.05. The van der Waals surface area contributed by atoms with Gasteiger partial charge in [-0.05, 0) is 37.1 Å². The maximum absolute atomic E-state index is 12.3. The van der Waals surface area contributed by atoms with Gasteiger partial charge in [-0.2, -0.15) is 0 Å². The molecular weight excluding hydrogens is 280 g/mol. The molecule has 0 saturated heterocycles. The van der Waals surface area contributed by atoms with Crippen LogP contribution in [0.5, 0.6) is 5.75 Å². The standard InChI is InChI=1S/C18H18O4/c1-3-13-7-9-14(10-8-13)17(20)12(2)22-18(21)15-5-4-6-16(19)11-15/h4-12,19H,3H2,1-2H3/t12-/m1/s1. The van der Waals surface area contributed by atoms with Gasteiger partial charge in [-0.25, -0.2) is 4.79 Å². The number of rotatable bonds is 5. The summed E-state index contributed by atoms with van der Waals surface area (Å²) >= 11 is 0. The molecule has 0 fully saturated rings. The van der Waals surface area contributed by atoms with Crippen LogP contribution < -0.4 is 0 Å². The first-order chi connectivity index (χ1) is 10.5. The minimum atomic E-state index is -0.887. The smallest absolute Gasteiger partial charge is 0.338 e. The van der Waals surface area contributed by atoms with Crippen molar-refractivity contribution in [2.45, 2.75) is 26.4 Å². The molecule has 0 heterocycles. The molecule has 2 aromatic rings. The molecule has 0 aliphatic carbocycles. The van der Waals surface area contributed by atoms with E-state index in [0.29, 0.717) is 5.56 Å². The van der Waals surface area contributed by atoms with E-state index in [0.717, 1.165) is 12.0 Å². The number of esters is 1. The first-order valence-corrected chi connectivity index (χ1v) is 7.14. The number of ether oxygens (including phenoxy) is 1. The van der Waals surface area contributed by atoms with Crippen LogP contribution in [0.1, 0.15) is 40.1 Å². The number of carbonyl (C=O) groups excluding carboxylic acids is 2. The van der Waals surface area contributed by atoms with Crippen molar-refractivity contribution in [2.75, 3.05) is 0 Å². The molecule has 0 aliphatic heterocycles. The van der Waals surface area contributed by atoms with Crippen LogP contribution in [0.4, 0.5) is 0 Å². The van der Waals surface area contributed by atoms with Crippen molar-refractivity contribution < 1.29 is 19.4 Å². The Bertz CT molecular complexity index is 674. The largest absolute Gasteiger partial charge is 0.508 e. The Morgan fingerprint density at radius 3 is 2.36 bits per heavy atom. The van der Waals surface area contributed by atoms with E-state index >= 15 is 0 Å². The molecule has 0 aliphatic rings. The van der Waals surface area contributed by atoms with Crippen molar-refractivity contribution in [3.63, 3.8) is 0 Å². The fraction of sp³-hybridized carbons (Fsp3) is 0.222. The first-order valence-electron chi connectivity index (χ1n) is 7.14. The molecule has 0 bridgehead atoms. The van der Waals surface area contributed by atoms with Crippen molar-refractivity contribution in [2.24, 2.45) is 0 Å². The first kappa shape index (κ1) is 15.8. The third kappa shape index (κ3) is 3.73. The van der Waals surface area contributed by atoms with E-state index in [9.17, 15) is 14.7 Å². The fourth-order valence-electron chi connectivity index (χ4n) is 2.05. The van der Waals surface area contributed by atoms with Gasteiger partial charge in [0.25, 0.3) is 0 Å². The number of hydrogen-bond donors (Lipinski definition) is 1. The summed E-state index contributed by atoms with van der Waals surface area (Å²) in [7, 11) is 0. The average Bonchev–Trinajstić information content (AvgIpc) is 2.54. The number of aromatic hydroxyl groups is 1. The van der Waals surface area contributed by atoms with Crippen LogP contribution in [0.3, 0.4) is 0 Å². The second kappa shape index (κ2) is 6.89. The summed E-state index contributed by atoms with van der Waals surface area (Å²) < 4.78 is 5.16. The number of phenols is 1. The Morgan fingerprint density at radius 1 is 1.09 bits per heavy atom. The molecule has 0 spiro atoms. The lowest BCUT2D eigenvalue weighted by molar-refractivity contribution is 0.0318. The maximum atomic E-state index is 12.3. The van der Waals surface area contributed by atoms with Crippen LogP contribution in [0.25, 0.3) is 0 Å². The summed E-state index contributed by atoms with van der Waals surface area (Å²) in [4.78, 5) is 24.2. The van der Waals surface area contributed by atoms with Crippen molar-refractivity contribution in [3.05, 3.63) is 65.2 Å². The second-order valence-electron chi connectivity index (χ2n) is 5.01. The lowest BCUT2D eigenvalue weighted by Crippen LogP contribution is -2.24. The predicted molar refractivity (Wildman–Crippen MR) is 83.1 cm³/mol. The molecule has 0 amide bonds. The molecule has 1 atom stereocenters.